The van der Waals surface area contributed by atoms with Crippen molar-refractivity contribution in [1.82, 2.24) is 19.8 Å². The Morgan fingerprint density at radius 3 is 2.86 bits per heavy atom. The average Bonchev–Trinajstić information content (AvgIpc) is 3.35. The molecule has 4 aromatic rings. The van der Waals surface area contributed by atoms with Gasteiger partial charge < -0.3 is 19.1 Å². The summed E-state index contributed by atoms with van der Waals surface area (Å²) in [6.07, 6.45) is 3.42. The molecule has 5 heterocycles. The number of hydrogen-bond acceptors (Lipinski definition) is 8. The van der Waals surface area contributed by atoms with Crippen LogP contribution in [-0.2, 0) is 4.74 Å². The standard InChI is InChI=1S/C19H16N4O5S/c1-9-15(10(2)28-22-9)13-6-20-23-4-3-11(5-14(13)23)18-21-17(16(29-18)19(24)25)27-12-7-26-8-12/h3-6,12H,7-8H2,1-2H3,(H,24,25). The van der Waals surface area contributed by atoms with Gasteiger partial charge in [-0.15, -0.1) is 11.3 Å². The number of fused-ring (bicyclic) bond motifs is 1. The predicted octanol–water partition coefficient (Wildman–Crippen LogP) is 3.21. The van der Waals surface area contributed by atoms with Crippen molar-refractivity contribution >= 4 is 22.8 Å². The molecule has 1 N–H and O–H groups in total. The molecule has 0 aromatic carbocycles. The van der Waals surface area contributed by atoms with E-state index < -0.39 is 5.97 Å². The van der Waals surface area contributed by atoms with Gasteiger partial charge >= 0.3 is 5.97 Å². The molecule has 0 radical (unpaired) electrons. The van der Waals surface area contributed by atoms with Gasteiger partial charge in [0.15, 0.2) is 4.88 Å². The molecule has 1 fully saturated rings. The second-order valence-corrected chi connectivity index (χ2v) is 7.74. The highest BCUT2D eigenvalue weighted by atomic mass is 32.1. The first-order valence-electron chi connectivity index (χ1n) is 8.91. The average molecular weight is 412 g/mol. The second-order valence-electron chi connectivity index (χ2n) is 6.74. The van der Waals surface area contributed by atoms with Gasteiger partial charge in [-0.1, -0.05) is 5.16 Å². The molecule has 0 saturated carbocycles. The molecule has 148 valence electrons. The van der Waals surface area contributed by atoms with Crippen molar-refractivity contribution in [1.29, 1.82) is 0 Å². The van der Waals surface area contributed by atoms with Gasteiger partial charge in [-0.2, -0.15) is 5.10 Å². The molecule has 10 heteroatoms. The minimum Gasteiger partial charge on any atom is -0.477 e. The fourth-order valence-electron chi connectivity index (χ4n) is 3.26. The number of aromatic nitrogens is 4. The van der Waals surface area contributed by atoms with Crippen molar-refractivity contribution in [2.45, 2.75) is 20.0 Å². The largest absolute Gasteiger partial charge is 0.477 e. The van der Waals surface area contributed by atoms with Crippen molar-refractivity contribution in [2.24, 2.45) is 0 Å². The van der Waals surface area contributed by atoms with E-state index in [2.05, 4.69) is 15.2 Å². The second kappa shape index (κ2) is 6.68. The lowest BCUT2D eigenvalue weighted by Gasteiger charge is -2.25. The van der Waals surface area contributed by atoms with E-state index in [1.54, 1.807) is 10.7 Å². The maximum atomic E-state index is 11.6. The summed E-state index contributed by atoms with van der Waals surface area (Å²) in [5.74, 6) is -0.223. The summed E-state index contributed by atoms with van der Waals surface area (Å²) in [4.78, 5) is 16.2. The zero-order chi connectivity index (χ0) is 20.1. The first-order valence-corrected chi connectivity index (χ1v) is 9.72. The third-order valence-corrected chi connectivity index (χ3v) is 5.82. The predicted molar refractivity (Wildman–Crippen MR) is 103 cm³/mol. The van der Waals surface area contributed by atoms with E-state index in [0.29, 0.717) is 24.0 Å². The van der Waals surface area contributed by atoms with Crippen molar-refractivity contribution in [3.8, 4) is 27.6 Å². The Labute approximate surface area is 168 Å². The molecule has 5 rings (SSSR count). The summed E-state index contributed by atoms with van der Waals surface area (Å²) >= 11 is 1.08. The Morgan fingerprint density at radius 1 is 1.38 bits per heavy atom. The summed E-state index contributed by atoms with van der Waals surface area (Å²) in [5, 5.41) is 18.5. The number of carbonyl (C=O) groups is 1. The summed E-state index contributed by atoms with van der Waals surface area (Å²) in [5.41, 5.74) is 4.19. The third kappa shape index (κ3) is 2.97. The summed E-state index contributed by atoms with van der Waals surface area (Å²) in [6, 6.07) is 3.77. The Hall–Kier alpha value is -3.24. The van der Waals surface area contributed by atoms with Crippen LogP contribution in [0.3, 0.4) is 0 Å². The van der Waals surface area contributed by atoms with Crippen molar-refractivity contribution < 1.29 is 23.9 Å². The zero-order valence-electron chi connectivity index (χ0n) is 15.6. The van der Waals surface area contributed by atoms with Gasteiger partial charge in [0.1, 0.15) is 16.9 Å². The number of hydrogen-bond donors (Lipinski definition) is 1. The number of aryl methyl sites for hydroxylation is 2. The number of ether oxygens (including phenoxy) is 2. The lowest BCUT2D eigenvalue weighted by atomic mass is 10.1. The van der Waals surface area contributed by atoms with Crippen LogP contribution in [0.1, 0.15) is 21.1 Å². The normalized spacial score (nSPS) is 14.3. The number of pyridine rings is 1. The van der Waals surface area contributed by atoms with E-state index in [1.807, 2.05) is 32.2 Å². The quantitative estimate of drug-likeness (QED) is 0.532. The number of nitrogens with zero attached hydrogens (tertiary/aromatic N) is 4. The van der Waals surface area contributed by atoms with Crippen LogP contribution in [0.25, 0.3) is 27.2 Å². The molecule has 1 aliphatic rings. The van der Waals surface area contributed by atoms with Crippen LogP contribution >= 0.6 is 11.3 Å². The first kappa shape index (κ1) is 17.8. The molecule has 9 nitrogen and oxygen atoms in total. The molecular weight excluding hydrogens is 396 g/mol. The molecule has 0 unspecified atom stereocenters. The van der Waals surface area contributed by atoms with Crippen LogP contribution in [0.5, 0.6) is 5.88 Å². The van der Waals surface area contributed by atoms with E-state index in [4.69, 9.17) is 14.0 Å². The lowest BCUT2D eigenvalue weighted by molar-refractivity contribution is -0.0813. The van der Waals surface area contributed by atoms with Crippen LogP contribution in [0.2, 0.25) is 0 Å². The third-order valence-electron chi connectivity index (χ3n) is 4.75. The van der Waals surface area contributed by atoms with Gasteiger partial charge in [-0.05, 0) is 26.0 Å². The van der Waals surface area contributed by atoms with Crippen molar-refractivity contribution in [3.05, 3.63) is 40.9 Å². The fourth-order valence-corrected chi connectivity index (χ4v) is 4.09. The molecule has 0 atom stereocenters. The number of carboxylic acids is 1. The van der Waals surface area contributed by atoms with Gasteiger partial charge in [0.25, 0.3) is 0 Å². The first-order chi connectivity index (χ1) is 14.0. The number of aromatic carboxylic acids is 1. The van der Waals surface area contributed by atoms with Crippen LogP contribution in [0.4, 0.5) is 0 Å². The van der Waals surface area contributed by atoms with Gasteiger partial charge in [-0.25, -0.2) is 14.3 Å². The Bertz CT molecular complexity index is 1220. The molecule has 29 heavy (non-hydrogen) atoms. The van der Waals surface area contributed by atoms with E-state index in [9.17, 15) is 9.90 Å². The minimum absolute atomic E-state index is 0.0752. The van der Waals surface area contributed by atoms with Crippen molar-refractivity contribution in [3.63, 3.8) is 0 Å². The smallest absolute Gasteiger partial charge is 0.351 e. The molecule has 0 amide bonds. The highest BCUT2D eigenvalue weighted by Gasteiger charge is 2.27. The van der Waals surface area contributed by atoms with Gasteiger partial charge in [-0.3, -0.25) is 0 Å². The maximum Gasteiger partial charge on any atom is 0.351 e. The van der Waals surface area contributed by atoms with Gasteiger partial charge in [0.05, 0.1) is 36.2 Å². The molecule has 0 spiro atoms. The Morgan fingerprint density at radius 2 is 2.21 bits per heavy atom. The SMILES string of the molecule is Cc1noc(C)c1-c1cnn2ccc(-c3nc(OC4COC4)c(C(=O)O)s3)cc12. The van der Waals surface area contributed by atoms with Crippen molar-refractivity contribution in [2.75, 3.05) is 13.2 Å². The van der Waals surface area contributed by atoms with Gasteiger partial charge in [0.2, 0.25) is 5.88 Å². The van der Waals surface area contributed by atoms with Crippen LogP contribution < -0.4 is 4.74 Å². The van der Waals surface area contributed by atoms with E-state index in [0.717, 1.165) is 39.2 Å². The van der Waals surface area contributed by atoms with E-state index >= 15 is 0 Å². The topological polar surface area (TPSA) is 112 Å². The monoisotopic (exact) mass is 412 g/mol. The molecule has 4 aromatic heterocycles. The molecule has 0 aliphatic carbocycles. The number of thiazole rings is 1. The zero-order valence-corrected chi connectivity index (χ0v) is 16.4. The highest BCUT2D eigenvalue weighted by molar-refractivity contribution is 7.17. The minimum atomic E-state index is -1.06. The van der Waals surface area contributed by atoms with Crippen LogP contribution in [-0.4, -0.2) is 50.1 Å². The number of rotatable bonds is 5. The number of carboxylic acid groups (broad SMARTS) is 1. The Balaban J connectivity index is 1.59. The summed E-state index contributed by atoms with van der Waals surface area (Å²) in [6.45, 7) is 4.62. The highest BCUT2D eigenvalue weighted by Crippen LogP contribution is 2.36. The van der Waals surface area contributed by atoms with Crippen LogP contribution in [0.15, 0.2) is 29.0 Å². The van der Waals surface area contributed by atoms with Gasteiger partial charge in [0, 0.05) is 17.3 Å². The van der Waals surface area contributed by atoms with E-state index in [1.165, 1.54) is 0 Å². The molecule has 0 bridgehead atoms. The maximum absolute atomic E-state index is 11.6. The molecular formula is C19H16N4O5S. The van der Waals surface area contributed by atoms with Crippen LogP contribution in [0, 0.1) is 13.8 Å². The molecule has 1 aliphatic heterocycles. The lowest BCUT2D eigenvalue weighted by Crippen LogP contribution is -2.38. The molecule has 1 saturated heterocycles. The van der Waals surface area contributed by atoms with E-state index in [-0.39, 0.29) is 16.9 Å². The Kier molecular flexibility index (Phi) is 4.10. The summed E-state index contributed by atoms with van der Waals surface area (Å²) in [7, 11) is 0. The summed E-state index contributed by atoms with van der Waals surface area (Å²) < 4.78 is 17.8. The fraction of sp³-hybridized carbons (Fsp3) is 0.263.